The third kappa shape index (κ3) is 5.43. The van der Waals surface area contributed by atoms with Gasteiger partial charge in [-0.05, 0) is 86.4 Å². The fourth-order valence-corrected chi connectivity index (χ4v) is 5.73. The highest BCUT2D eigenvalue weighted by Gasteiger charge is 2.41. The summed E-state index contributed by atoms with van der Waals surface area (Å²) in [5.74, 6) is 0.846. The first-order valence-corrected chi connectivity index (χ1v) is 13.8. The molecule has 1 fully saturated rings. The van der Waals surface area contributed by atoms with E-state index in [1.165, 1.54) is 0 Å². The molecule has 200 valence electrons. The number of thiocarbonyl (C=S) groups is 1. The molecule has 2 N–H and O–H groups in total. The lowest BCUT2D eigenvalue weighted by Crippen LogP contribution is -2.33. The summed E-state index contributed by atoms with van der Waals surface area (Å²) in [7, 11) is 0. The first-order chi connectivity index (χ1) is 18.9. The first-order valence-electron chi connectivity index (χ1n) is 13.3. The standard InChI is InChI=1S/C31H34N6OS/c1-5-23-10-6-7-11-25(23)34-28(38)15-17-36-30(29(35-31(36)39)26-12-8-9-16-32-26)24-18-21(3)37(22(24)4)27-14-13-20(2)19-33-27/h6-14,16,18-19,29-30H,5,15,17H2,1-4H3,(H,34,38)(H,35,39)/t29-,30+/m1/s1. The second-order valence-corrected chi connectivity index (χ2v) is 10.4. The van der Waals surface area contributed by atoms with Crippen LogP contribution < -0.4 is 10.6 Å². The molecular formula is C31H34N6OS. The molecular weight excluding hydrogens is 504 g/mol. The summed E-state index contributed by atoms with van der Waals surface area (Å²) in [5.41, 5.74) is 7.33. The van der Waals surface area contributed by atoms with E-state index in [1.807, 2.05) is 61.7 Å². The van der Waals surface area contributed by atoms with Crippen LogP contribution >= 0.6 is 12.2 Å². The summed E-state index contributed by atoms with van der Waals surface area (Å²) in [6.45, 7) is 8.82. The molecule has 1 saturated heterocycles. The molecule has 1 aromatic carbocycles. The van der Waals surface area contributed by atoms with Gasteiger partial charge in [-0.15, -0.1) is 0 Å². The molecule has 2 atom stereocenters. The zero-order valence-corrected chi connectivity index (χ0v) is 23.6. The molecule has 0 radical (unpaired) electrons. The predicted octanol–water partition coefficient (Wildman–Crippen LogP) is 5.76. The quantitative estimate of drug-likeness (QED) is 0.278. The van der Waals surface area contributed by atoms with Crippen LogP contribution in [0, 0.1) is 20.8 Å². The molecule has 0 spiro atoms. The minimum absolute atomic E-state index is 0.0342. The van der Waals surface area contributed by atoms with Gasteiger partial charge in [0.2, 0.25) is 5.91 Å². The van der Waals surface area contributed by atoms with Crippen LogP contribution in [0.2, 0.25) is 0 Å². The van der Waals surface area contributed by atoms with E-state index in [2.05, 4.69) is 63.0 Å². The van der Waals surface area contributed by atoms with E-state index in [-0.39, 0.29) is 18.0 Å². The molecule has 0 bridgehead atoms. The minimum atomic E-state index is -0.150. The molecule has 5 rings (SSSR count). The van der Waals surface area contributed by atoms with E-state index in [0.29, 0.717) is 18.1 Å². The molecule has 1 amide bonds. The van der Waals surface area contributed by atoms with Crippen molar-refractivity contribution in [2.75, 3.05) is 11.9 Å². The van der Waals surface area contributed by atoms with E-state index in [4.69, 9.17) is 12.2 Å². The molecule has 39 heavy (non-hydrogen) atoms. The van der Waals surface area contributed by atoms with Crippen molar-refractivity contribution in [3.8, 4) is 5.82 Å². The van der Waals surface area contributed by atoms with Gasteiger partial charge in [-0.2, -0.15) is 0 Å². The second kappa shape index (κ2) is 11.4. The topological polar surface area (TPSA) is 75.1 Å². The Balaban J connectivity index is 1.46. The van der Waals surface area contributed by atoms with Gasteiger partial charge in [0.15, 0.2) is 5.11 Å². The van der Waals surface area contributed by atoms with Crippen molar-refractivity contribution in [3.63, 3.8) is 0 Å². The number of pyridine rings is 2. The Hall–Kier alpha value is -4.04. The van der Waals surface area contributed by atoms with Gasteiger partial charge >= 0.3 is 0 Å². The minimum Gasteiger partial charge on any atom is -0.352 e. The lowest BCUT2D eigenvalue weighted by atomic mass is 9.96. The van der Waals surface area contributed by atoms with Crippen molar-refractivity contribution >= 4 is 28.9 Å². The Kier molecular flexibility index (Phi) is 7.74. The van der Waals surface area contributed by atoms with E-state index in [0.717, 1.165) is 51.7 Å². The number of carbonyl (C=O) groups excluding carboxylic acids is 1. The Morgan fingerprint density at radius 3 is 2.56 bits per heavy atom. The van der Waals surface area contributed by atoms with Gasteiger partial charge in [-0.3, -0.25) is 9.78 Å². The van der Waals surface area contributed by atoms with Crippen molar-refractivity contribution in [1.29, 1.82) is 0 Å². The average molecular weight is 539 g/mol. The van der Waals surface area contributed by atoms with Crippen LogP contribution in [0.4, 0.5) is 5.69 Å². The summed E-state index contributed by atoms with van der Waals surface area (Å²) < 4.78 is 2.18. The van der Waals surface area contributed by atoms with Gasteiger partial charge < -0.3 is 20.1 Å². The highest BCUT2D eigenvalue weighted by atomic mass is 32.1. The number of rotatable bonds is 8. The molecule has 4 aromatic rings. The molecule has 0 unspecified atom stereocenters. The molecule has 7 nitrogen and oxygen atoms in total. The maximum atomic E-state index is 13.1. The van der Waals surface area contributed by atoms with Crippen molar-refractivity contribution < 1.29 is 4.79 Å². The fraction of sp³-hybridized carbons (Fsp3) is 0.290. The van der Waals surface area contributed by atoms with E-state index < -0.39 is 0 Å². The van der Waals surface area contributed by atoms with Gasteiger partial charge in [-0.25, -0.2) is 4.98 Å². The van der Waals surface area contributed by atoms with Crippen LogP contribution in [0.5, 0.6) is 0 Å². The highest BCUT2D eigenvalue weighted by molar-refractivity contribution is 7.80. The molecule has 3 aromatic heterocycles. The van der Waals surface area contributed by atoms with Gasteiger partial charge in [0.1, 0.15) is 5.82 Å². The summed E-state index contributed by atoms with van der Waals surface area (Å²) in [6.07, 6.45) is 4.86. The number of hydrogen-bond acceptors (Lipinski definition) is 4. The van der Waals surface area contributed by atoms with E-state index >= 15 is 0 Å². The van der Waals surface area contributed by atoms with Crippen LogP contribution in [-0.4, -0.2) is 37.0 Å². The number of carbonyl (C=O) groups is 1. The molecule has 0 aliphatic carbocycles. The molecule has 0 saturated carbocycles. The largest absolute Gasteiger partial charge is 0.352 e. The van der Waals surface area contributed by atoms with Crippen LogP contribution in [-0.2, 0) is 11.2 Å². The number of para-hydroxylation sites is 1. The van der Waals surface area contributed by atoms with Gasteiger partial charge in [0.25, 0.3) is 0 Å². The normalized spacial score (nSPS) is 16.8. The lowest BCUT2D eigenvalue weighted by Gasteiger charge is -2.28. The van der Waals surface area contributed by atoms with Gasteiger partial charge in [0.05, 0.1) is 17.8 Å². The zero-order valence-electron chi connectivity index (χ0n) is 22.8. The average Bonchev–Trinajstić information content (AvgIpc) is 3.43. The predicted molar refractivity (Wildman–Crippen MR) is 159 cm³/mol. The van der Waals surface area contributed by atoms with Crippen LogP contribution in [0.25, 0.3) is 5.82 Å². The summed E-state index contributed by atoms with van der Waals surface area (Å²) in [4.78, 5) is 24.5. The summed E-state index contributed by atoms with van der Waals surface area (Å²) in [5, 5.41) is 7.22. The number of amides is 1. The first kappa shape index (κ1) is 26.6. The smallest absolute Gasteiger partial charge is 0.226 e. The number of nitrogens with one attached hydrogen (secondary N) is 2. The Labute approximate surface area is 235 Å². The Bertz CT molecular complexity index is 1480. The maximum Gasteiger partial charge on any atom is 0.226 e. The number of anilines is 1. The van der Waals surface area contributed by atoms with Crippen molar-refractivity contribution in [1.82, 2.24) is 24.8 Å². The molecule has 4 heterocycles. The Morgan fingerprint density at radius 2 is 1.85 bits per heavy atom. The zero-order chi connectivity index (χ0) is 27.5. The SMILES string of the molecule is CCc1ccccc1NC(=O)CCN1C(=S)N[C@H](c2ccccn2)[C@@H]1c1cc(C)n(-c2ccc(C)cn2)c1C. The number of aromatic nitrogens is 3. The molecule has 8 heteroatoms. The summed E-state index contributed by atoms with van der Waals surface area (Å²) >= 11 is 5.84. The van der Waals surface area contributed by atoms with Crippen molar-refractivity contribution in [3.05, 3.63) is 107 Å². The number of aryl methyl sites for hydroxylation is 3. The Morgan fingerprint density at radius 1 is 1.05 bits per heavy atom. The van der Waals surface area contributed by atoms with Gasteiger partial charge in [-0.1, -0.05) is 37.3 Å². The van der Waals surface area contributed by atoms with Gasteiger partial charge in [0, 0.05) is 42.4 Å². The number of hydrogen-bond donors (Lipinski definition) is 2. The monoisotopic (exact) mass is 538 g/mol. The summed E-state index contributed by atoms with van der Waals surface area (Å²) in [6, 6.07) is 19.9. The van der Waals surface area contributed by atoms with Crippen LogP contribution in [0.1, 0.15) is 59.2 Å². The van der Waals surface area contributed by atoms with Crippen LogP contribution in [0.15, 0.2) is 73.1 Å². The van der Waals surface area contributed by atoms with Crippen molar-refractivity contribution in [2.45, 2.75) is 52.6 Å². The van der Waals surface area contributed by atoms with E-state index in [1.54, 1.807) is 6.20 Å². The molecule has 1 aliphatic heterocycles. The molecule has 1 aliphatic rings. The fourth-order valence-electron chi connectivity index (χ4n) is 5.40. The number of nitrogens with zero attached hydrogens (tertiary/aromatic N) is 4. The van der Waals surface area contributed by atoms with Crippen LogP contribution in [0.3, 0.4) is 0 Å². The highest BCUT2D eigenvalue weighted by Crippen LogP contribution is 2.41. The third-order valence-corrected chi connectivity index (χ3v) is 7.72. The maximum absolute atomic E-state index is 13.1. The number of benzene rings is 1. The van der Waals surface area contributed by atoms with Crippen molar-refractivity contribution in [2.24, 2.45) is 0 Å². The van der Waals surface area contributed by atoms with E-state index in [9.17, 15) is 4.79 Å². The third-order valence-electron chi connectivity index (χ3n) is 7.36. The lowest BCUT2D eigenvalue weighted by molar-refractivity contribution is -0.116. The second-order valence-electron chi connectivity index (χ2n) is 9.98.